The van der Waals surface area contributed by atoms with E-state index in [1.807, 2.05) is 4.90 Å². The number of aliphatic hydroxyl groups is 1. The molecule has 2 aliphatic heterocycles. The van der Waals surface area contributed by atoms with Gasteiger partial charge in [0, 0.05) is 11.2 Å². The quantitative estimate of drug-likeness (QED) is 0.216. The predicted molar refractivity (Wildman–Crippen MR) is 162 cm³/mol. The van der Waals surface area contributed by atoms with Gasteiger partial charge in [0.1, 0.15) is 23.7 Å². The second kappa shape index (κ2) is 14.6. The van der Waals surface area contributed by atoms with Crippen molar-refractivity contribution in [3.05, 3.63) is 51.0 Å². The largest absolute Gasteiger partial charge is 0.462 e. The first kappa shape index (κ1) is 36.2. The minimum atomic E-state index is -4.63. The number of carbonyl (C=O) groups is 2. The molecular formula is C27H34Cl2F2N5O9P. The van der Waals surface area contributed by atoms with Gasteiger partial charge in [0.2, 0.25) is 12.1 Å². The highest BCUT2D eigenvalue weighted by Crippen LogP contribution is 2.49. The summed E-state index contributed by atoms with van der Waals surface area (Å²) >= 11 is 12.0. The van der Waals surface area contributed by atoms with E-state index in [0.29, 0.717) is 11.0 Å². The molecule has 2 saturated heterocycles. The summed E-state index contributed by atoms with van der Waals surface area (Å²) in [6.45, 7) is 4.26. The van der Waals surface area contributed by atoms with Crippen LogP contribution in [0, 0.1) is 0 Å². The molecule has 6 atom stereocenters. The Morgan fingerprint density at radius 3 is 2.59 bits per heavy atom. The Balaban J connectivity index is 1.50. The summed E-state index contributed by atoms with van der Waals surface area (Å²) in [7, 11) is -2.85. The molecule has 0 bridgehead atoms. The van der Waals surface area contributed by atoms with Crippen molar-refractivity contribution in [1.82, 2.24) is 19.5 Å². The number of hydrogen-bond donors (Lipinski definition) is 3. The molecule has 1 aromatic carbocycles. The maximum absolute atomic E-state index is 15.3. The van der Waals surface area contributed by atoms with Crippen molar-refractivity contribution < 1.29 is 46.6 Å². The first-order valence-electron chi connectivity index (χ1n) is 14.2. The van der Waals surface area contributed by atoms with Gasteiger partial charge < -0.3 is 24.4 Å². The lowest BCUT2D eigenvalue weighted by atomic mass is 10.1. The van der Waals surface area contributed by atoms with Gasteiger partial charge in [0.05, 0.1) is 23.8 Å². The first-order chi connectivity index (χ1) is 21.5. The molecule has 1 aromatic heterocycles. The van der Waals surface area contributed by atoms with Gasteiger partial charge in [-0.1, -0.05) is 23.2 Å². The number of nitrogens with zero attached hydrogens (tertiary/aromatic N) is 3. The highest BCUT2D eigenvalue weighted by molar-refractivity contribution is 7.52. The molecule has 4 rings (SSSR count). The number of halogens is 4. The number of ether oxygens (including phenoxy) is 2. The lowest BCUT2D eigenvalue weighted by Crippen LogP contribution is -2.42. The predicted octanol–water partition coefficient (Wildman–Crippen LogP) is 3.61. The normalized spacial score (nSPS) is 24.8. The maximum atomic E-state index is 15.3. The number of likely N-dealkylation sites (N-methyl/N-ethyl adjacent to an activating group) is 1. The number of anilines is 1. The molecule has 2 aromatic rings. The van der Waals surface area contributed by atoms with Crippen molar-refractivity contribution in [3.8, 4) is 5.75 Å². The second-order valence-corrected chi connectivity index (χ2v) is 13.6. The zero-order valence-electron chi connectivity index (χ0n) is 25.2. The Bertz CT molecular complexity index is 1550. The maximum Gasteiger partial charge on any atom is 0.459 e. The van der Waals surface area contributed by atoms with Gasteiger partial charge in [-0.3, -0.25) is 23.6 Å². The van der Waals surface area contributed by atoms with E-state index in [0.717, 1.165) is 25.2 Å². The fourth-order valence-corrected chi connectivity index (χ4v) is 6.80. The van der Waals surface area contributed by atoms with Crippen LogP contribution in [0.3, 0.4) is 0 Å². The van der Waals surface area contributed by atoms with Crippen molar-refractivity contribution in [2.75, 3.05) is 25.5 Å². The fraction of sp³-hybridized carbons (Fsp3) is 0.556. The molecule has 3 N–H and O–H groups in total. The zero-order valence-corrected chi connectivity index (χ0v) is 27.6. The lowest BCUT2D eigenvalue weighted by Gasteiger charge is -2.25. The molecule has 19 heteroatoms. The summed E-state index contributed by atoms with van der Waals surface area (Å²) in [4.78, 5) is 43.2. The van der Waals surface area contributed by atoms with Gasteiger partial charge in [-0.15, -0.1) is 0 Å². The molecular weight excluding hydrogens is 678 g/mol. The smallest absolute Gasteiger partial charge is 0.459 e. The molecule has 46 heavy (non-hydrogen) atoms. The van der Waals surface area contributed by atoms with Gasteiger partial charge in [0.15, 0.2) is 6.10 Å². The van der Waals surface area contributed by atoms with Crippen LogP contribution >= 0.6 is 30.9 Å². The fourth-order valence-electron chi connectivity index (χ4n) is 4.78. The number of aliphatic hydroxyl groups excluding tert-OH is 1. The minimum absolute atomic E-state index is 0.0824. The van der Waals surface area contributed by atoms with Crippen molar-refractivity contribution in [2.45, 2.75) is 76.2 Å². The Morgan fingerprint density at radius 2 is 1.98 bits per heavy atom. The van der Waals surface area contributed by atoms with Gasteiger partial charge in [-0.05, 0) is 71.5 Å². The van der Waals surface area contributed by atoms with E-state index >= 15 is 8.78 Å². The third-order valence-corrected chi connectivity index (χ3v) is 9.27. The Kier molecular flexibility index (Phi) is 11.5. The highest BCUT2D eigenvalue weighted by Gasteiger charge is 2.60. The summed E-state index contributed by atoms with van der Waals surface area (Å²) in [6, 6.07) is 3.36. The van der Waals surface area contributed by atoms with Crippen molar-refractivity contribution in [1.29, 1.82) is 0 Å². The molecule has 3 heterocycles. The van der Waals surface area contributed by atoms with E-state index in [9.17, 15) is 24.1 Å². The number of esters is 1. The third kappa shape index (κ3) is 8.42. The monoisotopic (exact) mass is 711 g/mol. The number of aromatic nitrogens is 2. The number of hydrogen-bond acceptors (Lipinski definition) is 11. The van der Waals surface area contributed by atoms with E-state index in [2.05, 4.69) is 15.4 Å². The number of alkyl halides is 2. The SMILES string of the molecule is CC(C)OC(=O)[C@H](C)NP(=O)(OC[C@H]1O[C@@H](n2ccc(NC(=O)[C@@H]3CCCN3C)nc2=O)C(F)(F)[C@@H]1O)Oc1ccc(Cl)cc1Cl. The van der Waals surface area contributed by atoms with Gasteiger partial charge in [-0.2, -0.15) is 18.9 Å². The molecule has 0 saturated carbocycles. The van der Waals surface area contributed by atoms with E-state index in [1.165, 1.54) is 25.1 Å². The summed E-state index contributed by atoms with van der Waals surface area (Å²) in [6.07, 6.45) is -4.87. The standard InChI is InChI=1S/C27H34Cl2F2N5O9P/c1-14(2)43-24(39)15(3)34-46(41,45-19-8-7-16(28)12-17(19)29)42-13-20-22(37)27(30,31)25(44-20)36-11-9-21(33-26(36)40)32-23(38)18-6-5-10-35(18)4/h7-9,11-12,14-15,18,20,22,25,37H,5-6,10,13H2,1-4H3,(H,34,41)(H,32,33,38,40)/t15-,18-,20+,22+,25+,46?/m0/s1. The summed E-state index contributed by atoms with van der Waals surface area (Å²) in [5.74, 6) is -5.61. The summed E-state index contributed by atoms with van der Waals surface area (Å²) in [5, 5.41) is 15.5. The molecule has 0 aliphatic carbocycles. The minimum Gasteiger partial charge on any atom is -0.462 e. The zero-order chi connectivity index (χ0) is 34.0. The summed E-state index contributed by atoms with van der Waals surface area (Å²) < 4.78 is 66.1. The molecule has 1 unspecified atom stereocenters. The van der Waals surface area contributed by atoms with Crippen LogP contribution in [-0.4, -0.2) is 88.0 Å². The molecule has 0 spiro atoms. The highest BCUT2D eigenvalue weighted by atomic mass is 35.5. The van der Waals surface area contributed by atoms with E-state index in [-0.39, 0.29) is 21.6 Å². The Hall–Kier alpha value is -2.69. The van der Waals surface area contributed by atoms with Gasteiger partial charge >= 0.3 is 25.3 Å². The second-order valence-electron chi connectivity index (χ2n) is 11.1. The van der Waals surface area contributed by atoms with Crippen LogP contribution in [-0.2, 0) is 28.2 Å². The van der Waals surface area contributed by atoms with E-state index in [4.69, 9.17) is 41.7 Å². The number of rotatable bonds is 12. The van der Waals surface area contributed by atoms with Crippen LogP contribution < -0.4 is 20.6 Å². The lowest BCUT2D eigenvalue weighted by molar-refractivity contribution is -0.149. The van der Waals surface area contributed by atoms with Crippen LogP contribution in [0.5, 0.6) is 5.75 Å². The van der Waals surface area contributed by atoms with E-state index in [1.54, 1.807) is 20.9 Å². The average Bonchev–Trinajstić information content (AvgIpc) is 3.49. The van der Waals surface area contributed by atoms with Crippen LogP contribution in [0.1, 0.15) is 39.8 Å². The average molecular weight is 712 g/mol. The molecule has 1 amide bonds. The molecule has 2 aliphatic rings. The molecule has 2 fully saturated rings. The first-order valence-corrected chi connectivity index (χ1v) is 16.5. The topological polar surface area (TPSA) is 171 Å². The van der Waals surface area contributed by atoms with Crippen LogP contribution in [0.25, 0.3) is 0 Å². The summed E-state index contributed by atoms with van der Waals surface area (Å²) in [5.41, 5.74) is -1.19. The Labute approximate surface area is 272 Å². The van der Waals surface area contributed by atoms with E-state index < -0.39 is 74.5 Å². The number of benzene rings is 1. The van der Waals surface area contributed by atoms with Gasteiger partial charge in [0.25, 0.3) is 0 Å². The van der Waals surface area contributed by atoms with Gasteiger partial charge in [-0.25, -0.2) is 9.36 Å². The Morgan fingerprint density at radius 1 is 1.26 bits per heavy atom. The van der Waals surface area contributed by atoms with Crippen molar-refractivity contribution in [3.63, 3.8) is 0 Å². The number of likely N-dealkylation sites (tertiary alicyclic amines) is 1. The van der Waals surface area contributed by atoms with Crippen molar-refractivity contribution in [2.24, 2.45) is 0 Å². The number of amides is 1. The molecule has 254 valence electrons. The van der Waals surface area contributed by atoms with Crippen LogP contribution in [0.15, 0.2) is 35.3 Å². The number of nitrogens with one attached hydrogen (secondary N) is 2. The third-order valence-electron chi connectivity index (χ3n) is 7.11. The molecule has 0 radical (unpaired) electrons. The van der Waals surface area contributed by atoms with Crippen LogP contribution in [0.2, 0.25) is 10.0 Å². The number of carbonyl (C=O) groups excluding carboxylic acids is 2. The van der Waals surface area contributed by atoms with Crippen LogP contribution in [0.4, 0.5) is 14.6 Å². The molecule has 14 nitrogen and oxygen atoms in total. The van der Waals surface area contributed by atoms with Crippen molar-refractivity contribution >= 4 is 48.6 Å².